The lowest BCUT2D eigenvalue weighted by molar-refractivity contribution is -0.140. The van der Waals surface area contributed by atoms with Gasteiger partial charge in [-0.1, -0.05) is 47.6 Å². The predicted molar refractivity (Wildman–Crippen MR) is 121 cm³/mol. The van der Waals surface area contributed by atoms with Gasteiger partial charge in [0.25, 0.3) is 5.89 Å². The number of rotatable bonds is 5. The number of carbonyl (C=O) groups excluding carboxylic acids is 1. The molecule has 0 spiro atoms. The summed E-state index contributed by atoms with van der Waals surface area (Å²) in [5.74, 6) is 1.07. The first-order valence-electron chi connectivity index (χ1n) is 10.9. The van der Waals surface area contributed by atoms with Gasteiger partial charge in [-0.25, -0.2) is 0 Å². The van der Waals surface area contributed by atoms with Crippen LogP contribution in [0.25, 0.3) is 22.3 Å². The van der Waals surface area contributed by atoms with Gasteiger partial charge in [0.15, 0.2) is 6.10 Å². The predicted octanol–water partition coefficient (Wildman–Crippen LogP) is 4.07. The van der Waals surface area contributed by atoms with Gasteiger partial charge in [0.05, 0.1) is 13.2 Å². The van der Waals surface area contributed by atoms with Crippen LogP contribution in [-0.2, 0) is 23.0 Å². The Morgan fingerprint density at radius 1 is 1.16 bits per heavy atom. The average Bonchev–Trinajstić information content (AvgIpc) is 3.43. The van der Waals surface area contributed by atoms with E-state index in [0.717, 1.165) is 11.1 Å². The lowest BCUT2D eigenvalue weighted by Gasteiger charge is -2.31. The third kappa shape index (κ3) is 3.91. The minimum absolute atomic E-state index is 0.116. The number of para-hydroxylation sites is 1. The quantitative estimate of drug-likeness (QED) is 0.477. The van der Waals surface area contributed by atoms with Crippen molar-refractivity contribution in [2.24, 2.45) is 7.05 Å². The van der Waals surface area contributed by atoms with E-state index in [2.05, 4.69) is 33.0 Å². The zero-order chi connectivity index (χ0) is 22.1. The van der Waals surface area contributed by atoms with Crippen LogP contribution in [0.5, 0.6) is 0 Å². The molecule has 4 aromatic rings. The Morgan fingerprint density at radius 3 is 2.84 bits per heavy atom. The summed E-state index contributed by atoms with van der Waals surface area (Å²) in [7, 11) is 2.04. The van der Waals surface area contributed by atoms with Crippen LogP contribution in [0.15, 0.2) is 59.3 Å². The summed E-state index contributed by atoms with van der Waals surface area (Å²) in [6, 6.07) is 16.2. The normalized spacial score (nSPS) is 16.6. The molecule has 7 heteroatoms. The highest BCUT2D eigenvalue weighted by molar-refractivity contribution is 5.85. The minimum Gasteiger partial charge on any atom is -0.365 e. The van der Waals surface area contributed by atoms with E-state index in [4.69, 9.17) is 9.26 Å². The third-order valence-corrected chi connectivity index (χ3v) is 6.11. The Labute approximate surface area is 186 Å². The molecule has 1 aliphatic rings. The van der Waals surface area contributed by atoms with E-state index < -0.39 is 6.10 Å². The summed E-state index contributed by atoms with van der Waals surface area (Å²) in [4.78, 5) is 19.3. The molecular formula is C25H26N4O3. The molecular weight excluding hydrogens is 404 g/mol. The highest BCUT2D eigenvalue weighted by Crippen LogP contribution is 2.26. The monoisotopic (exact) mass is 430 g/mol. The number of carbonyl (C=O) groups is 1. The maximum Gasteiger partial charge on any atom is 0.257 e. The first-order valence-corrected chi connectivity index (χ1v) is 10.9. The lowest BCUT2D eigenvalue weighted by Crippen LogP contribution is -2.42. The number of amides is 1. The molecule has 1 aliphatic heterocycles. The topological polar surface area (TPSA) is 73.4 Å². The van der Waals surface area contributed by atoms with E-state index in [1.165, 1.54) is 16.5 Å². The van der Waals surface area contributed by atoms with Gasteiger partial charge >= 0.3 is 0 Å². The van der Waals surface area contributed by atoms with Gasteiger partial charge in [0.2, 0.25) is 11.7 Å². The molecule has 5 rings (SSSR count). The molecule has 0 unspecified atom stereocenters. The minimum atomic E-state index is -0.407. The molecule has 164 valence electrons. The molecule has 1 atom stereocenters. The number of morpholine rings is 1. The van der Waals surface area contributed by atoms with Gasteiger partial charge in [0.1, 0.15) is 0 Å². The molecule has 1 amide bonds. The number of hydrogen-bond donors (Lipinski definition) is 0. The van der Waals surface area contributed by atoms with Crippen LogP contribution in [0.2, 0.25) is 0 Å². The molecule has 2 aromatic carbocycles. The fourth-order valence-electron chi connectivity index (χ4n) is 4.35. The molecule has 0 radical (unpaired) electrons. The molecule has 7 nitrogen and oxygen atoms in total. The van der Waals surface area contributed by atoms with Crippen LogP contribution in [0.1, 0.15) is 29.5 Å². The van der Waals surface area contributed by atoms with Gasteiger partial charge in [-0.15, -0.1) is 0 Å². The van der Waals surface area contributed by atoms with E-state index in [-0.39, 0.29) is 5.91 Å². The zero-order valence-corrected chi connectivity index (χ0v) is 18.3. The number of aryl methyl sites for hydroxylation is 3. The van der Waals surface area contributed by atoms with Crippen molar-refractivity contribution in [2.45, 2.75) is 25.9 Å². The lowest BCUT2D eigenvalue weighted by atomic mass is 10.1. The Balaban J connectivity index is 1.25. The second kappa shape index (κ2) is 8.59. The summed E-state index contributed by atoms with van der Waals surface area (Å²) in [5, 5.41) is 5.33. The van der Waals surface area contributed by atoms with Crippen molar-refractivity contribution in [2.75, 3.05) is 19.7 Å². The largest absolute Gasteiger partial charge is 0.365 e. The van der Waals surface area contributed by atoms with Crippen molar-refractivity contribution in [3.05, 3.63) is 71.7 Å². The summed E-state index contributed by atoms with van der Waals surface area (Å²) in [6.07, 6.45) is 2.88. The van der Waals surface area contributed by atoms with Crippen LogP contribution >= 0.6 is 0 Å². The van der Waals surface area contributed by atoms with E-state index in [9.17, 15) is 4.79 Å². The second-order valence-corrected chi connectivity index (χ2v) is 8.25. The highest BCUT2D eigenvalue weighted by Gasteiger charge is 2.29. The van der Waals surface area contributed by atoms with Gasteiger partial charge in [-0.05, 0) is 30.5 Å². The number of aromatic nitrogens is 3. The Morgan fingerprint density at radius 2 is 1.97 bits per heavy atom. The second-order valence-electron chi connectivity index (χ2n) is 8.25. The number of ether oxygens (including phenoxy) is 1. The summed E-state index contributed by atoms with van der Waals surface area (Å²) in [5.41, 5.74) is 4.39. The number of benzene rings is 2. The van der Waals surface area contributed by atoms with Crippen molar-refractivity contribution in [3.63, 3.8) is 0 Å². The van der Waals surface area contributed by atoms with Crippen LogP contribution < -0.4 is 0 Å². The van der Waals surface area contributed by atoms with Gasteiger partial charge in [-0.3, -0.25) is 4.79 Å². The fourth-order valence-corrected chi connectivity index (χ4v) is 4.35. The Hall–Kier alpha value is -3.45. The zero-order valence-electron chi connectivity index (χ0n) is 18.3. The third-order valence-electron chi connectivity index (χ3n) is 6.11. The maximum atomic E-state index is 13.0. The Bertz CT molecular complexity index is 1260. The molecule has 2 aromatic heterocycles. The standard InChI is InChI=1S/C25H26N4O3/c1-17-7-3-4-8-19(17)24-26-25(32-27-24)22-16-29(13-14-31-22)23(30)12-11-18-15-28(2)21-10-6-5-9-20(18)21/h3-10,15,22H,11-14,16H2,1-2H3/t22-/m0/s1. The van der Waals surface area contributed by atoms with Crippen molar-refractivity contribution >= 4 is 16.8 Å². The molecule has 1 saturated heterocycles. The van der Waals surface area contributed by atoms with Crippen LogP contribution in [0.3, 0.4) is 0 Å². The van der Waals surface area contributed by atoms with Crippen molar-refractivity contribution < 1.29 is 14.1 Å². The Kier molecular flexibility index (Phi) is 5.49. The fraction of sp³-hybridized carbons (Fsp3) is 0.320. The number of hydrogen-bond acceptors (Lipinski definition) is 5. The van der Waals surface area contributed by atoms with Crippen LogP contribution in [-0.4, -0.2) is 45.2 Å². The molecule has 0 aliphatic carbocycles. The van der Waals surface area contributed by atoms with E-state index in [1.54, 1.807) is 0 Å². The van der Waals surface area contributed by atoms with Gasteiger partial charge < -0.3 is 18.7 Å². The SMILES string of the molecule is Cc1ccccc1-c1noc([C@@H]2CN(C(=O)CCc3cn(C)c4ccccc34)CCO2)n1. The molecule has 32 heavy (non-hydrogen) atoms. The van der Waals surface area contributed by atoms with Crippen LogP contribution in [0.4, 0.5) is 0 Å². The van der Waals surface area contributed by atoms with Crippen molar-refractivity contribution in [1.29, 1.82) is 0 Å². The first-order chi connectivity index (χ1) is 15.6. The first kappa shape index (κ1) is 20.5. The van der Waals surface area contributed by atoms with E-state index in [0.29, 0.717) is 44.3 Å². The molecule has 0 bridgehead atoms. The van der Waals surface area contributed by atoms with E-state index >= 15 is 0 Å². The maximum absolute atomic E-state index is 13.0. The summed E-state index contributed by atoms with van der Waals surface area (Å²) >= 11 is 0. The molecule has 0 N–H and O–H groups in total. The van der Waals surface area contributed by atoms with Crippen molar-refractivity contribution in [1.82, 2.24) is 19.6 Å². The summed E-state index contributed by atoms with van der Waals surface area (Å²) < 4.78 is 13.5. The van der Waals surface area contributed by atoms with Gasteiger partial charge in [0, 0.05) is 42.7 Å². The van der Waals surface area contributed by atoms with Crippen LogP contribution in [0, 0.1) is 6.92 Å². The molecule has 0 saturated carbocycles. The number of fused-ring (bicyclic) bond motifs is 1. The average molecular weight is 431 g/mol. The number of nitrogens with zero attached hydrogens (tertiary/aromatic N) is 4. The van der Waals surface area contributed by atoms with Crippen molar-refractivity contribution in [3.8, 4) is 11.4 Å². The molecule has 1 fully saturated rings. The smallest absolute Gasteiger partial charge is 0.257 e. The summed E-state index contributed by atoms with van der Waals surface area (Å²) in [6.45, 7) is 3.46. The van der Waals surface area contributed by atoms with E-state index in [1.807, 2.05) is 55.3 Å². The highest BCUT2D eigenvalue weighted by atomic mass is 16.5. The van der Waals surface area contributed by atoms with Gasteiger partial charge in [-0.2, -0.15) is 4.98 Å². The molecule has 3 heterocycles.